The lowest BCUT2D eigenvalue weighted by atomic mass is 9.85. The van der Waals surface area contributed by atoms with Crippen molar-refractivity contribution >= 4 is 7.82 Å². The molecule has 0 radical (unpaired) electrons. The van der Waals surface area contributed by atoms with Gasteiger partial charge in [-0.25, -0.2) is 4.57 Å². The van der Waals surface area contributed by atoms with Gasteiger partial charge in [-0.05, 0) is 29.9 Å². The highest BCUT2D eigenvalue weighted by molar-refractivity contribution is 7.46. The fourth-order valence-electron chi connectivity index (χ4n) is 1.91. The van der Waals surface area contributed by atoms with Crippen molar-refractivity contribution in [2.75, 3.05) is 0 Å². The summed E-state index contributed by atoms with van der Waals surface area (Å²) in [6, 6.07) is 5.52. The second kappa shape index (κ2) is 6.08. The normalized spacial score (nSPS) is 12.5. The van der Waals surface area contributed by atoms with Crippen molar-refractivity contribution in [1.82, 2.24) is 0 Å². The van der Waals surface area contributed by atoms with Gasteiger partial charge in [-0.15, -0.1) is 0 Å². The van der Waals surface area contributed by atoms with Crippen LogP contribution in [-0.2, 0) is 16.4 Å². The summed E-state index contributed by atoms with van der Waals surface area (Å²) < 4.78 is 15.8. The summed E-state index contributed by atoms with van der Waals surface area (Å²) in [6.45, 7) is 8.13. The molecule has 19 heavy (non-hydrogen) atoms. The first-order valence-corrected chi connectivity index (χ1v) is 8.05. The predicted molar refractivity (Wildman–Crippen MR) is 76.4 cm³/mol. The molecule has 0 saturated carbocycles. The van der Waals surface area contributed by atoms with E-state index in [1.807, 2.05) is 32.9 Å². The highest BCUT2D eigenvalue weighted by atomic mass is 31.2. The van der Waals surface area contributed by atoms with Gasteiger partial charge in [0.05, 0.1) is 0 Å². The highest BCUT2D eigenvalue weighted by Crippen LogP contribution is 2.42. The molecular weight excluding hydrogens is 263 g/mol. The Kier molecular flexibility index (Phi) is 5.19. The SMILES string of the molecule is CCCCc1ccc(OP(=O)(O)O)c(C(C)(C)C)c1. The third kappa shape index (κ3) is 5.35. The lowest BCUT2D eigenvalue weighted by Gasteiger charge is -2.23. The fourth-order valence-corrected chi connectivity index (χ4v) is 2.32. The molecule has 0 saturated heterocycles. The Morgan fingerprint density at radius 2 is 1.89 bits per heavy atom. The second-order valence-corrected chi connectivity index (χ2v) is 6.93. The number of unbranched alkanes of at least 4 members (excludes halogenated alkanes) is 1. The Bertz CT molecular complexity index is 471. The molecule has 1 aromatic rings. The van der Waals surface area contributed by atoms with E-state index in [1.54, 1.807) is 6.07 Å². The zero-order valence-corrected chi connectivity index (χ0v) is 12.9. The van der Waals surface area contributed by atoms with Crippen LogP contribution < -0.4 is 4.52 Å². The van der Waals surface area contributed by atoms with Gasteiger partial charge in [0.2, 0.25) is 0 Å². The van der Waals surface area contributed by atoms with Crippen molar-refractivity contribution in [1.29, 1.82) is 0 Å². The van der Waals surface area contributed by atoms with Crippen molar-refractivity contribution in [3.05, 3.63) is 29.3 Å². The molecule has 0 aliphatic carbocycles. The number of benzene rings is 1. The van der Waals surface area contributed by atoms with Gasteiger partial charge < -0.3 is 4.52 Å². The van der Waals surface area contributed by atoms with Gasteiger partial charge in [-0.2, -0.15) is 0 Å². The smallest absolute Gasteiger partial charge is 0.404 e. The van der Waals surface area contributed by atoms with E-state index in [0.29, 0.717) is 0 Å². The fraction of sp³-hybridized carbons (Fsp3) is 0.571. The Hall–Kier alpha value is -0.830. The molecule has 5 heteroatoms. The largest absolute Gasteiger partial charge is 0.524 e. The minimum atomic E-state index is -4.52. The third-order valence-corrected chi connectivity index (χ3v) is 3.32. The molecule has 2 N–H and O–H groups in total. The first kappa shape index (κ1) is 16.2. The molecule has 0 aliphatic rings. The average Bonchev–Trinajstić information content (AvgIpc) is 2.24. The molecule has 4 nitrogen and oxygen atoms in total. The van der Waals surface area contributed by atoms with Crippen molar-refractivity contribution in [2.24, 2.45) is 0 Å². The van der Waals surface area contributed by atoms with E-state index in [0.717, 1.165) is 24.8 Å². The topological polar surface area (TPSA) is 66.8 Å². The summed E-state index contributed by atoms with van der Waals surface area (Å²) in [5, 5.41) is 0. The van der Waals surface area contributed by atoms with Gasteiger partial charge >= 0.3 is 7.82 Å². The number of hydrogen-bond acceptors (Lipinski definition) is 2. The molecule has 0 bridgehead atoms. The molecule has 0 aromatic heterocycles. The maximum absolute atomic E-state index is 11.0. The van der Waals surface area contributed by atoms with Gasteiger partial charge in [-0.3, -0.25) is 9.79 Å². The quantitative estimate of drug-likeness (QED) is 0.808. The summed E-state index contributed by atoms with van der Waals surface area (Å²) in [6.07, 6.45) is 3.18. The molecule has 0 spiro atoms. The van der Waals surface area contributed by atoms with Crippen LogP contribution in [0.5, 0.6) is 5.75 Å². The summed E-state index contributed by atoms with van der Waals surface area (Å²) >= 11 is 0. The summed E-state index contributed by atoms with van der Waals surface area (Å²) in [7, 11) is -4.52. The van der Waals surface area contributed by atoms with Crippen LogP contribution in [-0.4, -0.2) is 9.79 Å². The van der Waals surface area contributed by atoms with Gasteiger partial charge in [0.1, 0.15) is 5.75 Å². The number of aryl methyl sites for hydroxylation is 1. The molecule has 1 aromatic carbocycles. The van der Waals surface area contributed by atoms with Crippen LogP contribution in [0.1, 0.15) is 51.7 Å². The van der Waals surface area contributed by atoms with E-state index < -0.39 is 7.82 Å². The molecule has 1 rings (SSSR count). The van der Waals surface area contributed by atoms with Crippen LogP contribution in [0.3, 0.4) is 0 Å². The molecule has 0 unspecified atom stereocenters. The van der Waals surface area contributed by atoms with Crippen LogP contribution in [0.25, 0.3) is 0 Å². The summed E-state index contributed by atoms with van der Waals surface area (Å²) in [4.78, 5) is 17.9. The molecule has 0 atom stereocenters. The van der Waals surface area contributed by atoms with Crippen molar-refractivity contribution < 1.29 is 18.9 Å². The first-order valence-electron chi connectivity index (χ1n) is 6.52. The Balaban J connectivity index is 3.14. The predicted octanol–water partition coefficient (Wildman–Crippen LogP) is 3.80. The van der Waals surface area contributed by atoms with Gasteiger partial charge in [-0.1, -0.05) is 46.2 Å². The van der Waals surface area contributed by atoms with E-state index in [-0.39, 0.29) is 11.2 Å². The van der Waals surface area contributed by atoms with E-state index >= 15 is 0 Å². The van der Waals surface area contributed by atoms with Crippen LogP contribution >= 0.6 is 7.82 Å². The molecule has 0 aliphatic heterocycles. The zero-order valence-electron chi connectivity index (χ0n) is 12.0. The van der Waals surface area contributed by atoms with Gasteiger partial charge in [0.25, 0.3) is 0 Å². The van der Waals surface area contributed by atoms with Crippen LogP contribution in [0.15, 0.2) is 18.2 Å². The maximum atomic E-state index is 11.0. The van der Waals surface area contributed by atoms with Crippen molar-refractivity contribution in [3.63, 3.8) is 0 Å². The van der Waals surface area contributed by atoms with Gasteiger partial charge in [0.15, 0.2) is 0 Å². The zero-order chi connectivity index (χ0) is 14.7. The first-order chi connectivity index (χ1) is 8.63. The Morgan fingerprint density at radius 1 is 1.26 bits per heavy atom. The number of rotatable bonds is 5. The number of hydrogen-bond donors (Lipinski definition) is 2. The maximum Gasteiger partial charge on any atom is 0.524 e. The molecular formula is C14H23O4P. The summed E-state index contributed by atoms with van der Waals surface area (Å²) in [5.41, 5.74) is 1.77. The van der Waals surface area contributed by atoms with Crippen molar-refractivity contribution in [2.45, 2.75) is 52.4 Å². The standard InChI is InChI=1S/C14H23O4P/c1-5-6-7-11-8-9-13(18-19(15,16)17)12(10-11)14(2,3)4/h8-10H,5-7H2,1-4H3,(H2,15,16,17). The Morgan fingerprint density at radius 3 is 2.37 bits per heavy atom. The lowest BCUT2D eigenvalue weighted by Crippen LogP contribution is -2.13. The monoisotopic (exact) mass is 286 g/mol. The molecule has 108 valence electrons. The summed E-state index contributed by atoms with van der Waals surface area (Å²) in [5.74, 6) is 0.265. The minimum absolute atomic E-state index is 0.229. The number of phosphoric acid groups is 1. The molecule has 0 fully saturated rings. The Labute approximate surface area is 115 Å². The second-order valence-electron chi connectivity index (χ2n) is 5.77. The highest BCUT2D eigenvalue weighted by Gasteiger charge is 2.24. The average molecular weight is 286 g/mol. The van der Waals surface area contributed by atoms with Gasteiger partial charge in [0, 0.05) is 5.56 Å². The third-order valence-electron chi connectivity index (χ3n) is 2.89. The minimum Gasteiger partial charge on any atom is -0.404 e. The van der Waals surface area contributed by atoms with E-state index in [4.69, 9.17) is 14.3 Å². The van der Waals surface area contributed by atoms with Crippen LogP contribution in [0.4, 0.5) is 0 Å². The van der Waals surface area contributed by atoms with E-state index in [9.17, 15) is 4.57 Å². The lowest BCUT2D eigenvalue weighted by molar-refractivity contribution is 0.281. The number of phosphoric ester groups is 1. The molecule has 0 heterocycles. The van der Waals surface area contributed by atoms with Crippen LogP contribution in [0, 0.1) is 0 Å². The van der Waals surface area contributed by atoms with E-state index in [1.165, 1.54) is 5.56 Å². The van der Waals surface area contributed by atoms with Crippen molar-refractivity contribution in [3.8, 4) is 5.75 Å². The molecule has 0 amide bonds. The van der Waals surface area contributed by atoms with Crippen LogP contribution in [0.2, 0.25) is 0 Å². The van der Waals surface area contributed by atoms with E-state index in [2.05, 4.69) is 6.92 Å².